The largest absolute Gasteiger partial charge is 0.421 e. The first-order chi connectivity index (χ1) is 6.45. The molecule has 0 saturated carbocycles. The molecule has 1 aromatic carbocycles. The second-order valence-electron chi connectivity index (χ2n) is 3.52. The third-order valence-corrected chi connectivity index (χ3v) is 2.69. The molecular formula is C10H9F3O. The van der Waals surface area contributed by atoms with Crippen LogP contribution < -0.4 is 0 Å². The van der Waals surface area contributed by atoms with E-state index in [1.165, 1.54) is 12.1 Å². The fourth-order valence-corrected chi connectivity index (χ4v) is 1.89. The van der Waals surface area contributed by atoms with Crippen molar-refractivity contribution >= 4 is 0 Å². The van der Waals surface area contributed by atoms with Gasteiger partial charge in [0.05, 0.1) is 0 Å². The van der Waals surface area contributed by atoms with Crippen LogP contribution in [0.4, 0.5) is 13.2 Å². The van der Waals surface area contributed by atoms with E-state index in [0.29, 0.717) is 5.56 Å². The Labute approximate surface area is 79.2 Å². The Balaban J connectivity index is 2.53. The quantitative estimate of drug-likeness (QED) is 0.684. The van der Waals surface area contributed by atoms with Crippen LogP contribution in [0.2, 0.25) is 0 Å². The van der Waals surface area contributed by atoms with Crippen molar-refractivity contribution in [3.8, 4) is 0 Å². The predicted molar refractivity (Wildman–Crippen MR) is 44.7 cm³/mol. The van der Waals surface area contributed by atoms with Gasteiger partial charge in [0, 0.05) is 0 Å². The van der Waals surface area contributed by atoms with Crippen LogP contribution in [0.1, 0.15) is 17.5 Å². The summed E-state index contributed by atoms with van der Waals surface area (Å²) in [5, 5.41) is 9.55. The molecule has 0 fully saturated rings. The van der Waals surface area contributed by atoms with E-state index in [0.717, 1.165) is 0 Å². The monoisotopic (exact) mass is 202 g/mol. The number of halogens is 3. The summed E-state index contributed by atoms with van der Waals surface area (Å²) < 4.78 is 37.7. The zero-order chi connectivity index (χ0) is 10.4. The normalized spacial score (nSPS) is 26.3. The number of fused-ring (bicyclic) bond motifs is 1. The average Bonchev–Trinajstić information content (AvgIpc) is 2.45. The fraction of sp³-hybridized carbons (Fsp3) is 0.400. The van der Waals surface area contributed by atoms with Crippen LogP contribution in [0.5, 0.6) is 0 Å². The molecule has 0 saturated heterocycles. The van der Waals surface area contributed by atoms with Crippen molar-refractivity contribution in [1.29, 1.82) is 0 Å². The van der Waals surface area contributed by atoms with Crippen LogP contribution in [0, 0.1) is 0 Å². The lowest BCUT2D eigenvalue weighted by molar-refractivity contribution is -0.265. The molecule has 0 radical (unpaired) electrons. The highest BCUT2D eigenvalue weighted by atomic mass is 19.4. The summed E-state index contributed by atoms with van der Waals surface area (Å²) in [4.78, 5) is 0. The molecule has 1 N–H and O–H groups in total. The fourth-order valence-electron chi connectivity index (χ4n) is 1.89. The number of rotatable bonds is 0. The van der Waals surface area contributed by atoms with Crippen LogP contribution in [0.15, 0.2) is 24.3 Å². The Hall–Kier alpha value is -1.03. The Bertz CT molecular complexity index is 359. The Morgan fingerprint density at radius 3 is 2.50 bits per heavy atom. The van der Waals surface area contributed by atoms with Crippen LogP contribution in [0.3, 0.4) is 0 Å². The van der Waals surface area contributed by atoms with Crippen molar-refractivity contribution in [1.82, 2.24) is 0 Å². The van der Waals surface area contributed by atoms with E-state index in [4.69, 9.17) is 0 Å². The zero-order valence-electron chi connectivity index (χ0n) is 7.30. The summed E-state index contributed by atoms with van der Waals surface area (Å²) in [5.41, 5.74) is -2.04. The van der Waals surface area contributed by atoms with Gasteiger partial charge in [-0.1, -0.05) is 24.3 Å². The highest BCUT2D eigenvalue weighted by Crippen LogP contribution is 2.47. The first-order valence-electron chi connectivity index (χ1n) is 4.33. The van der Waals surface area contributed by atoms with Gasteiger partial charge in [0.15, 0.2) is 5.60 Å². The first-order valence-corrected chi connectivity index (χ1v) is 4.33. The molecule has 1 atom stereocenters. The third-order valence-electron chi connectivity index (χ3n) is 2.69. The molecule has 0 aliphatic heterocycles. The van der Waals surface area contributed by atoms with E-state index in [1.807, 2.05) is 0 Å². The van der Waals surface area contributed by atoms with Crippen LogP contribution in [-0.2, 0) is 12.0 Å². The molecule has 1 aliphatic carbocycles. The number of benzene rings is 1. The summed E-state index contributed by atoms with van der Waals surface area (Å²) in [6.07, 6.45) is -4.57. The summed E-state index contributed by atoms with van der Waals surface area (Å²) in [5.74, 6) is 0. The summed E-state index contributed by atoms with van der Waals surface area (Å²) in [6, 6.07) is 6.16. The van der Waals surface area contributed by atoms with Crippen molar-refractivity contribution in [2.24, 2.45) is 0 Å². The van der Waals surface area contributed by atoms with E-state index in [-0.39, 0.29) is 18.4 Å². The van der Waals surface area contributed by atoms with Crippen LogP contribution in [0.25, 0.3) is 0 Å². The minimum absolute atomic E-state index is 0.00694. The Morgan fingerprint density at radius 2 is 1.86 bits per heavy atom. The zero-order valence-corrected chi connectivity index (χ0v) is 7.30. The van der Waals surface area contributed by atoms with Gasteiger partial charge >= 0.3 is 6.18 Å². The number of hydrogen-bond donors (Lipinski definition) is 1. The second-order valence-corrected chi connectivity index (χ2v) is 3.52. The maximum atomic E-state index is 12.6. The van der Waals surface area contributed by atoms with Crippen molar-refractivity contribution in [3.63, 3.8) is 0 Å². The van der Waals surface area contributed by atoms with Crippen molar-refractivity contribution in [3.05, 3.63) is 35.4 Å². The molecule has 0 heterocycles. The van der Waals surface area contributed by atoms with Crippen LogP contribution in [-0.4, -0.2) is 11.3 Å². The van der Waals surface area contributed by atoms with Gasteiger partial charge in [0.2, 0.25) is 0 Å². The average molecular weight is 202 g/mol. The smallest absolute Gasteiger partial charge is 0.376 e. The van der Waals surface area contributed by atoms with Crippen molar-refractivity contribution in [2.45, 2.75) is 24.6 Å². The number of hydrogen-bond acceptors (Lipinski definition) is 1. The molecule has 1 aliphatic rings. The van der Waals surface area contributed by atoms with Gasteiger partial charge in [-0.25, -0.2) is 0 Å². The Kier molecular flexibility index (Phi) is 1.86. The van der Waals surface area contributed by atoms with Crippen LogP contribution >= 0.6 is 0 Å². The lowest BCUT2D eigenvalue weighted by Crippen LogP contribution is -2.40. The number of alkyl halides is 3. The molecule has 1 aromatic rings. The second kappa shape index (κ2) is 2.73. The highest BCUT2D eigenvalue weighted by Gasteiger charge is 2.57. The van der Waals surface area contributed by atoms with Gasteiger partial charge in [-0.15, -0.1) is 0 Å². The molecule has 14 heavy (non-hydrogen) atoms. The third kappa shape index (κ3) is 1.14. The molecule has 0 bridgehead atoms. The van der Waals surface area contributed by atoms with E-state index in [2.05, 4.69) is 0 Å². The summed E-state index contributed by atoms with van der Waals surface area (Å²) in [6.45, 7) is 0. The van der Waals surface area contributed by atoms with Gasteiger partial charge in [-0.3, -0.25) is 0 Å². The van der Waals surface area contributed by atoms with Gasteiger partial charge in [0.1, 0.15) is 0 Å². The van der Waals surface area contributed by atoms with E-state index in [1.54, 1.807) is 12.1 Å². The predicted octanol–water partition coefficient (Wildman–Crippen LogP) is 2.38. The minimum atomic E-state index is -4.58. The maximum absolute atomic E-state index is 12.6. The molecule has 4 heteroatoms. The van der Waals surface area contributed by atoms with E-state index < -0.39 is 11.8 Å². The van der Waals surface area contributed by atoms with Gasteiger partial charge < -0.3 is 5.11 Å². The van der Waals surface area contributed by atoms with Gasteiger partial charge in [-0.2, -0.15) is 13.2 Å². The first kappa shape index (κ1) is 9.52. The molecule has 1 nitrogen and oxygen atoms in total. The molecule has 0 aromatic heterocycles. The molecule has 2 rings (SSSR count). The van der Waals surface area contributed by atoms with Crippen molar-refractivity contribution in [2.75, 3.05) is 0 Å². The molecule has 0 spiro atoms. The Morgan fingerprint density at radius 1 is 1.21 bits per heavy atom. The lowest BCUT2D eigenvalue weighted by Gasteiger charge is -2.26. The highest BCUT2D eigenvalue weighted by molar-refractivity contribution is 5.38. The lowest BCUT2D eigenvalue weighted by atomic mass is 9.95. The van der Waals surface area contributed by atoms with E-state index in [9.17, 15) is 18.3 Å². The van der Waals surface area contributed by atoms with Gasteiger partial charge in [0.25, 0.3) is 0 Å². The van der Waals surface area contributed by atoms with Gasteiger partial charge in [-0.05, 0) is 24.0 Å². The molecule has 76 valence electrons. The molecule has 0 amide bonds. The summed E-state index contributed by atoms with van der Waals surface area (Å²) in [7, 11) is 0. The number of aliphatic hydroxyl groups is 1. The molecular weight excluding hydrogens is 193 g/mol. The van der Waals surface area contributed by atoms with E-state index >= 15 is 0 Å². The standard InChI is InChI=1S/C10H9F3O/c11-10(12,13)9(14)6-5-7-3-1-2-4-8(7)9/h1-4,14H,5-6H2/t9-/m1/s1. The molecule has 0 unspecified atom stereocenters. The topological polar surface area (TPSA) is 20.2 Å². The minimum Gasteiger partial charge on any atom is -0.376 e. The van der Waals surface area contributed by atoms with Crippen molar-refractivity contribution < 1.29 is 18.3 Å². The number of aryl methyl sites for hydroxylation is 1. The maximum Gasteiger partial charge on any atom is 0.421 e. The SMILES string of the molecule is O[C@]1(C(F)(F)F)CCc2ccccc21. The summed E-state index contributed by atoms with van der Waals surface area (Å²) >= 11 is 0.